The average Bonchev–Trinajstić information content (AvgIpc) is 3.22. The number of likely N-dealkylation sites (tertiary alicyclic amines) is 1. The van der Waals surface area contributed by atoms with Crippen LogP contribution in [0.4, 0.5) is 10.2 Å². The molecule has 0 aliphatic carbocycles. The van der Waals surface area contributed by atoms with Crippen molar-refractivity contribution in [3.63, 3.8) is 0 Å². The van der Waals surface area contributed by atoms with Gasteiger partial charge in [-0.25, -0.2) is 14.4 Å². The van der Waals surface area contributed by atoms with Gasteiger partial charge < -0.3 is 9.80 Å². The minimum Gasteiger partial charge on any atom is -0.356 e. The predicted molar refractivity (Wildman–Crippen MR) is 98.2 cm³/mol. The first-order chi connectivity index (χ1) is 12.7. The number of halogens is 1. The van der Waals surface area contributed by atoms with Crippen molar-refractivity contribution >= 4 is 11.7 Å². The number of carbonyl (C=O) groups excluding carboxylic acids is 1. The summed E-state index contributed by atoms with van der Waals surface area (Å²) in [5.74, 6) is 1.02. The second-order valence-corrected chi connectivity index (χ2v) is 7.07. The van der Waals surface area contributed by atoms with Gasteiger partial charge >= 0.3 is 0 Å². The highest BCUT2D eigenvalue weighted by Crippen LogP contribution is 2.27. The summed E-state index contributed by atoms with van der Waals surface area (Å²) in [7, 11) is 0. The molecule has 2 aromatic rings. The predicted octanol–water partition coefficient (Wildman–Crippen LogP) is 3.12. The third kappa shape index (κ3) is 3.54. The van der Waals surface area contributed by atoms with Gasteiger partial charge in [-0.05, 0) is 37.8 Å². The lowest BCUT2D eigenvalue weighted by atomic mass is 9.95. The Morgan fingerprint density at radius 3 is 2.54 bits per heavy atom. The van der Waals surface area contributed by atoms with Crippen LogP contribution in [0, 0.1) is 11.7 Å². The van der Waals surface area contributed by atoms with Crippen molar-refractivity contribution in [2.75, 3.05) is 31.1 Å². The zero-order valence-corrected chi connectivity index (χ0v) is 14.8. The summed E-state index contributed by atoms with van der Waals surface area (Å²) in [5.41, 5.74) is 1.46. The topological polar surface area (TPSA) is 49.3 Å². The summed E-state index contributed by atoms with van der Waals surface area (Å²) in [6.07, 6.45) is 5.50. The van der Waals surface area contributed by atoms with E-state index in [1.807, 2.05) is 17.0 Å². The van der Waals surface area contributed by atoms with Gasteiger partial charge in [-0.1, -0.05) is 12.1 Å². The van der Waals surface area contributed by atoms with E-state index in [9.17, 15) is 9.18 Å². The smallest absolute Gasteiger partial charge is 0.225 e. The van der Waals surface area contributed by atoms with Crippen molar-refractivity contribution in [2.45, 2.75) is 25.7 Å². The van der Waals surface area contributed by atoms with Crippen LogP contribution in [0.15, 0.2) is 36.7 Å². The fourth-order valence-electron chi connectivity index (χ4n) is 3.88. The van der Waals surface area contributed by atoms with Gasteiger partial charge in [0.2, 0.25) is 5.91 Å². The van der Waals surface area contributed by atoms with Gasteiger partial charge in [-0.15, -0.1) is 0 Å². The maximum atomic E-state index is 13.5. The number of rotatable bonds is 3. The molecule has 0 atom stereocenters. The molecule has 6 heteroatoms. The Labute approximate surface area is 152 Å². The Hall–Kier alpha value is -2.50. The van der Waals surface area contributed by atoms with E-state index in [4.69, 9.17) is 0 Å². The van der Waals surface area contributed by atoms with E-state index in [1.165, 1.54) is 18.5 Å². The average molecular weight is 354 g/mol. The maximum absolute atomic E-state index is 13.5. The fourth-order valence-corrected chi connectivity index (χ4v) is 3.88. The molecule has 3 heterocycles. The number of benzene rings is 1. The molecule has 136 valence electrons. The number of hydrogen-bond donors (Lipinski definition) is 0. The van der Waals surface area contributed by atoms with Crippen molar-refractivity contribution < 1.29 is 9.18 Å². The van der Waals surface area contributed by atoms with Crippen LogP contribution in [0.25, 0.3) is 11.3 Å². The monoisotopic (exact) mass is 354 g/mol. The van der Waals surface area contributed by atoms with E-state index in [1.54, 1.807) is 6.07 Å². The van der Waals surface area contributed by atoms with E-state index < -0.39 is 0 Å². The molecular formula is C20H23FN4O. The van der Waals surface area contributed by atoms with Crippen LogP contribution in [0.2, 0.25) is 0 Å². The lowest BCUT2D eigenvalue weighted by Gasteiger charge is -2.33. The summed E-state index contributed by atoms with van der Waals surface area (Å²) in [6.45, 7) is 3.46. The molecule has 0 spiro atoms. The molecular weight excluding hydrogens is 331 g/mol. The summed E-state index contributed by atoms with van der Waals surface area (Å²) in [6, 6.07) is 8.33. The number of amides is 1. The number of hydrogen-bond acceptors (Lipinski definition) is 4. The Bertz CT molecular complexity index is 783. The minimum atomic E-state index is -0.274. The number of nitrogens with zero attached hydrogens (tertiary/aromatic N) is 4. The third-order valence-corrected chi connectivity index (χ3v) is 5.36. The molecule has 5 nitrogen and oxygen atoms in total. The molecule has 26 heavy (non-hydrogen) atoms. The minimum absolute atomic E-state index is 0.133. The second kappa shape index (κ2) is 7.40. The molecule has 4 rings (SSSR count). The summed E-state index contributed by atoms with van der Waals surface area (Å²) < 4.78 is 13.5. The van der Waals surface area contributed by atoms with Crippen LogP contribution in [0.1, 0.15) is 25.7 Å². The largest absolute Gasteiger partial charge is 0.356 e. The van der Waals surface area contributed by atoms with Crippen LogP contribution < -0.4 is 4.90 Å². The third-order valence-electron chi connectivity index (χ3n) is 5.36. The van der Waals surface area contributed by atoms with E-state index in [0.29, 0.717) is 11.6 Å². The Morgan fingerprint density at radius 2 is 1.81 bits per heavy atom. The second-order valence-electron chi connectivity index (χ2n) is 7.07. The first-order valence-electron chi connectivity index (χ1n) is 9.32. The molecule has 2 saturated heterocycles. The first kappa shape index (κ1) is 16.9. The van der Waals surface area contributed by atoms with Gasteiger partial charge in [0, 0.05) is 43.7 Å². The van der Waals surface area contributed by atoms with Gasteiger partial charge in [-0.3, -0.25) is 4.79 Å². The molecule has 2 aliphatic heterocycles. The standard InChI is InChI=1S/C20H23FN4O/c21-17-5-3-4-16(12-17)18-13-19(23-14-22-18)24-10-6-15(7-11-24)20(26)25-8-1-2-9-25/h3-5,12-15H,1-2,6-11H2. The highest BCUT2D eigenvalue weighted by Gasteiger charge is 2.30. The van der Waals surface area contributed by atoms with Gasteiger partial charge in [0.05, 0.1) is 5.69 Å². The number of aromatic nitrogens is 2. The number of piperidine rings is 1. The highest BCUT2D eigenvalue weighted by molar-refractivity contribution is 5.79. The molecule has 0 saturated carbocycles. The van der Waals surface area contributed by atoms with Gasteiger partial charge in [-0.2, -0.15) is 0 Å². The zero-order chi connectivity index (χ0) is 17.9. The Morgan fingerprint density at radius 1 is 1.04 bits per heavy atom. The van der Waals surface area contributed by atoms with E-state index in [0.717, 1.165) is 63.2 Å². The SMILES string of the molecule is O=C(C1CCN(c2cc(-c3cccc(F)c3)ncn2)CC1)N1CCCC1. The van der Waals surface area contributed by atoms with Gasteiger partial charge in [0.15, 0.2) is 0 Å². The number of anilines is 1. The molecule has 0 bridgehead atoms. The highest BCUT2D eigenvalue weighted by atomic mass is 19.1. The van der Waals surface area contributed by atoms with Crippen LogP contribution >= 0.6 is 0 Å². The molecule has 0 radical (unpaired) electrons. The van der Waals surface area contributed by atoms with E-state index in [-0.39, 0.29) is 11.7 Å². The molecule has 2 fully saturated rings. The normalized spacial score (nSPS) is 18.3. The lowest BCUT2D eigenvalue weighted by molar-refractivity contribution is -0.135. The molecule has 1 aromatic heterocycles. The summed E-state index contributed by atoms with van der Waals surface area (Å²) in [4.78, 5) is 25.4. The van der Waals surface area contributed by atoms with Crippen LogP contribution in [0.5, 0.6) is 0 Å². The molecule has 1 amide bonds. The lowest BCUT2D eigenvalue weighted by Crippen LogP contribution is -2.41. The molecule has 0 N–H and O–H groups in total. The van der Waals surface area contributed by atoms with Crippen LogP contribution in [0.3, 0.4) is 0 Å². The molecule has 1 aromatic carbocycles. The van der Waals surface area contributed by atoms with Crippen molar-refractivity contribution in [2.24, 2.45) is 5.92 Å². The molecule has 0 unspecified atom stereocenters. The fraction of sp³-hybridized carbons (Fsp3) is 0.450. The quantitative estimate of drug-likeness (QED) is 0.850. The summed E-state index contributed by atoms with van der Waals surface area (Å²) in [5, 5.41) is 0. The summed E-state index contributed by atoms with van der Waals surface area (Å²) >= 11 is 0. The van der Waals surface area contributed by atoms with Crippen LogP contribution in [-0.2, 0) is 4.79 Å². The Balaban J connectivity index is 1.43. The molecule has 2 aliphatic rings. The van der Waals surface area contributed by atoms with Crippen molar-refractivity contribution in [1.82, 2.24) is 14.9 Å². The first-order valence-corrected chi connectivity index (χ1v) is 9.32. The number of carbonyl (C=O) groups is 1. The van der Waals surface area contributed by atoms with Crippen molar-refractivity contribution in [1.29, 1.82) is 0 Å². The van der Waals surface area contributed by atoms with E-state index in [2.05, 4.69) is 14.9 Å². The zero-order valence-electron chi connectivity index (χ0n) is 14.8. The van der Waals surface area contributed by atoms with Crippen LogP contribution in [-0.4, -0.2) is 47.0 Å². The van der Waals surface area contributed by atoms with Gasteiger partial charge in [0.25, 0.3) is 0 Å². The maximum Gasteiger partial charge on any atom is 0.225 e. The van der Waals surface area contributed by atoms with Crippen molar-refractivity contribution in [3.05, 3.63) is 42.5 Å². The van der Waals surface area contributed by atoms with Gasteiger partial charge in [0.1, 0.15) is 18.0 Å². The Kier molecular flexibility index (Phi) is 4.82. The van der Waals surface area contributed by atoms with Crippen molar-refractivity contribution in [3.8, 4) is 11.3 Å². The van der Waals surface area contributed by atoms with E-state index >= 15 is 0 Å².